The van der Waals surface area contributed by atoms with Gasteiger partial charge in [0, 0.05) is 26.2 Å². The van der Waals surface area contributed by atoms with Crippen LogP contribution < -0.4 is 5.73 Å². The number of hydrogen-bond donors (Lipinski definition) is 2. The van der Waals surface area contributed by atoms with E-state index in [4.69, 9.17) is 5.73 Å². The van der Waals surface area contributed by atoms with E-state index in [2.05, 4.69) is 18.7 Å². The van der Waals surface area contributed by atoms with Crippen LogP contribution in [-0.4, -0.2) is 41.8 Å². The SMILES string of the molecule is CC1CC(C)CN(CCC(C)(O)CN)C1. The van der Waals surface area contributed by atoms with Gasteiger partial charge in [0.1, 0.15) is 0 Å². The molecule has 1 rings (SSSR count). The highest BCUT2D eigenvalue weighted by Crippen LogP contribution is 2.21. The average molecular weight is 214 g/mol. The molecule has 90 valence electrons. The van der Waals surface area contributed by atoms with Gasteiger partial charge >= 0.3 is 0 Å². The molecule has 0 saturated carbocycles. The maximum Gasteiger partial charge on any atom is 0.0753 e. The molecule has 15 heavy (non-hydrogen) atoms. The highest BCUT2D eigenvalue weighted by molar-refractivity contribution is 4.79. The van der Waals surface area contributed by atoms with Gasteiger partial charge in [-0.25, -0.2) is 0 Å². The van der Waals surface area contributed by atoms with E-state index < -0.39 is 5.60 Å². The minimum Gasteiger partial charge on any atom is -0.389 e. The van der Waals surface area contributed by atoms with E-state index in [0.29, 0.717) is 6.54 Å². The first-order chi connectivity index (χ1) is 6.93. The van der Waals surface area contributed by atoms with Crippen LogP contribution >= 0.6 is 0 Å². The minimum absolute atomic E-state index is 0.353. The Labute approximate surface area is 93.6 Å². The lowest BCUT2D eigenvalue weighted by Gasteiger charge is -2.36. The van der Waals surface area contributed by atoms with Crippen molar-refractivity contribution in [3.8, 4) is 0 Å². The molecule has 3 atom stereocenters. The summed E-state index contributed by atoms with van der Waals surface area (Å²) in [6, 6.07) is 0. The maximum absolute atomic E-state index is 9.83. The fourth-order valence-corrected chi connectivity index (χ4v) is 2.48. The summed E-state index contributed by atoms with van der Waals surface area (Å²) in [5.41, 5.74) is 4.82. The summed E-state index contributed by atoms with van der Waals surface area (Å²) < 4.78 is 0. The Hall–Kier alpha value is -0.120. The van der Waals surface area contributed by atoms with Crippen LogP contribution in [0.15, 0.2) is 0 Å². The molecule has 3 nitrogen and oxygen atoms in total. The molecule has 0 aromatic heterocycles. The molecule has 0 aromatic carbocycles. The zero-order valence-electron chi connectivity index (χ0n) is 10.4. The lowest BCUT2D eigenvalue weighted by Crippen LogP contribution is -2.43. The Bertz CT molecular complexity index is 184. The molecule has 1 fully saturated rings. The average Bonchev–Trinajstić information content (AvgIpc) is 2.14. The topological polar surface area (TPSA) is 49.5 Å². The van der Waals surface area contributed by atoms with Crippen molar-refractivity contribution in [1.29, 1.82) is 0 Å². The standard InChI is InChI=1S/C12H26N2O/c1-10-6-11(2)8-14(7-10)5-4-12(3,15)9-13/h10-11,15H,4-9,13H2,1-3H3. The smallest absolute Gasteiger partial charge is 0.0753 e. The van der Waals surface area contributed by atoms with E-state index in [1.54, 1.807) is 0 Å². The summed E-state index contributed by atoms with van der Waals surface area (Å²) in [4.78, 5) is 2.46. The normalized spacial score (nSPS) is 32.6. The van der Waals surface area contributed by atoms with Gasteiger partial charge in [-0.15, -0.1) is 0 Å². The molecule has 0 spiro atoms. The summed E-state index contributed by atoms with van der Waals surface area (Å²) in [5.74, 6) is 1.58. The van der Waals surface area contributed by atoms with Crippen LogP contribution in [0, 0.1) is 11.8 Å². The van der Waals surface area contributed by atoms with Crippen molar-refractivity contribution in [2.24, 2.45) is 17.6 Å². The molecular weight excluding hydrogens is 188 g/mol. The molecule has 1 aliphatic heterocycles. The zero-order valence-corrected chi connectivity index (χ0v) is 10.4. The van der Waals surface area contributed by atoms with E-state index in [1.807, 2.05) is 6.92 Å². The minimum atomic E-state index is -0.691. The molecule has 0 radical (unpaired) electrons. The van der Waals surface area contributed by atoms with Gasteiger partial charge in [0.2, 0.25) is 0 Å². The Morgan fingerprint density at radius 3 is 2.33 bits per heavy atom. The molecule has 1 aliphatic rings. The van der Waals surface area contributed by atoms with Gasteiger partial charge < -0.3 is 15.7 Å². The number of piperidine rings is 1. The van der Waals surface area contributed by atoms with Crippen molar-refractivity contribution < 1.29 is 5.11 Å². The van der Waals surface area contributed by atoms with Crippen molar-refractivity contribution in [2.45, 2.75) is 39.2 Å². The van der Waals surface area contributed by atoms with Gasteiger partial charge in [-0.2, -0.15) is 0 Å². The first-order valence-corrected chi connectivity index (χ1v) is 6.08. The van der Waals surface area contributed by atoms with Crippen molar-refractivity contribution in [3.05, 3.63) is 0 Å². The molecule has 0 aliphatic carbocycles. The fraction of sp³-hybridized carbons (Fsp3) is 1.00. The van der Waals surface area contributed by atoms with Crippen LogP contribution in [0.2, 0.25) is 0 Å². The highest BCUT2D eigenvalue weighted by Gasteiger charge is 2.24. The number of rotatable bonds is 4. The first kappa shape index (κ1) is 12.9. The molecule has 1 saturated heterocycles. The fourth-order valence-electron chi connectivity index (χ4n) is 2.48. The summed E-state index contributed by atoms with van der Waals surface area (Å²) in [7, 11) is 0. The van der Waals surface area contributed by atoms with Crippen LogP contribution in [0.3, 0.4) is 0 Å². The second-order valence-electron chi connectivity index (χ2n) is 5.66. The van der Waals surface area contributed by atoms with Crippen LogP contribution in [0.25, 0.3) is 0 Å². The monoisotopic (exact) mass is 214 g/mol. The van der Waals surface area contributed by atoms with Gasteiger partial charge in [0.05, 0.1) is 5.60 Å². The van der Waals surface area contributed by atoms with E-state index >= 15 is 0 Å². The summed E-state index contributed by atoms with van der Waals surface area (Å²) in [6.07, 6.45) is 2.12. The molecule has 0 bridgehead atoms. The number of aliphatic hydroxyl groups is 1. The Morgan fingerprint density at radius 2 is 1.87 bits per heavy atom. The van der Waals surface area contributed by atoms with E-state index in [0.717, 1.165) is 24.8 Å². The van der Waals surface area contributed by atoms with Gasteiger partial charge in [-0.3, -0.25) is 0 Å². The number of likely N-dealkylation sites (tertiary alicyclic amines) is 1. The summed E-state index contributed by atoms with van der Waals surface area (Å²) in [6.45, 7) is 10.1. The Morgan fingerprint density at radius 1 is 1.33 bits per heavy atom. The number of nitrogens with two attached hydrogens (primary N) is 1. The number of nitrogens with zero attached hydrogens (tertiary/aromatic N) is 1. The molecule has 1 heterocycles. The van der Waals surface area contributed by atoms with Gasteiger partial charge in [-0.05, 0) is 31.6 Å². The predicted molar refractivity (Wildman–Crippen MR) is 63.7 cm³/mol. The lowest BCUT2D eigenvalue weighted by atomic mass is 9.91. The predicted octanol–water partition coefficient (Wildman–Crippen LogP) is 1.06. The van der Waals surface area contributed by atoms with Crippen molar-refractivity contribution in [3.63, 3.8) is 0 Å². The van der Waals surface area contributed by atoms with Crippen LogP contribution in [-0.2, 0) is 0 Å². The van der Waals surface area contributed by atoms with Gasteiger partial charge in [0.25, 0.3) is 0 Å². The molecule has 3 heteroatoms. The molecular formula is C12H26N2O. The Balaban J connectivity index is 2.32. The molecule has 0 amide bonds. The van der Waals surface area contributed by atoms with Crippen LogP contribution in [0.1, 0.15) is 33.6 Å². The third-order valence-electron chi connectivity index (χ3n) is 3.35. The first-order valence-electron chi connectivity index (χ1n) is 6.08. The van der Waals surface area contributed by atoms with Crippen molar-refractivity contribution in [1.82, 2.24) is 4.90 Å². The third-order valence-corrected chi connectivity index (χ3v) is 3.35. The highest BCUT2D eigenvalue weighted by atomic mass is 16.3. The van der Waals surface area contributed by atoms with Gasteiger partial charge in [-0.1, -0.05) is 13.8 Å². The molecule has 3 N–H and O–H groups in total. The zero-order chi connectivity index (χ0) is 11.5. The quantitative estimate of drug-likeness (QED) is 0.736. The third kappa shape index (κ3) is 4.49. The van der Waals surface area contributed by atoms with E-state index in [-0.39, 0.29) is 0 Å². The summed E-state index contributed by atoms with van der Waals surface area (Å²) >= 11 is 0. The van der Waals surface area contributed by atoms with Crippen LogP contribution in [0.4, 0.5) is 0 Å². The number of hydrogen-bond acceptors (Lipinski definition) is 3. The van der Waals surface area contributed by atoms with Crippen molar-refractivity contribution >= 4 is 0 Å². The maximum atomic E-state index is 9.83. The second-order valence-corrected chi connectivity index (χ2v) is 5.66. The largest absolute Gasteiger partial charge is 0.389 e. The van der Waals surface area contributed by atoms with E-state index in [1.165, 1.54) is 19.5 Å². The Kier molecular flexibility index (Phi) is 4.56. The molecule has 3 unspecified atom stereocenters. The lowest BCUT2D eigenvalue weighted by molar-refractivity contribution is 0.0373. The van der Waals surface area contributed by atoms with Gasteiger partial charge in [0.15, 0.2) is 0 Å². The molecule has 0 aromatic rings. The second kappa shape index (κ2) is 5.28. The van der Waals surface area contributed by atoms with Crippen LogP contribution in [0.5, 0.6) is 0 Å². The van der Waals surface area contributed by atoms with Crippen molar-refractivity contribution in [2.75, 3.05) is 26.2 Å². The van der Waals surface area contributed by atoms with E-state index in [9.17, 15) is 5.11 Å². The summed E-state index contributed by atoms with van der Waals surface area (Å²) in [5, 5.41) is 9.83.